The molecule has 226 valence electrons. The molecule has 0 amide bonds. The number of fused-ring (bicyclic) bond motifs is 1. The number of rotatable bonds is 8. The van der Waals surface area contributed by atoms with Gasteiger partial charge in [0.05, 0.1) is 23.1 Å². The highest BCUT2D eigenvalue weighted by atomic mass is 19.1. The third-order valence-corrected chi connectivity index (χ3v) is 8.79. The molecule has 0 atom stereocenters. The van der Waals surface area contributed by atoms with E-state index in [0.717, 1.165) is 31.5 Å². The number of aromatic nitrogens is 3. The fourth-order valence-electron chi connectivity index (χ4n) is 6.05. The van der Waals surface area contributed by atoms with Gasteiger partial charge in [0.2, 0.25) is 5.78 Å². The number of carbonyl (C=O) groups is 1. The second kappa shape index (κ2) is 11.4. The quantitative estimate of drug-likeness (QED) is 0.188. The summed E-state index contributed by atoms with van der Waals surface area (Å²) in [4.78, 5) is 19.0. The zero-order valence-electron chi connectivity index (χ0n) is 24.4. The number of nitrogens with zero attached hydrogens (tertiary/aromatic N) is 3. The van der Waals surface area contributed by atoms with Gasteiger partial charge in [-0.25, -0.2) is 13.5 Å². The van der Waals surface area contributed by atoms with Crippen molar-refractivity contribution in [3.05, 3.63) is 95.3 Å². The van der Waals surface area contributed by atoms with E-state index in [1.807, 2.05) is 6.92 Å². The first-order valence-corrected chi connectivity index (χ1v) is 15.0. The number of nitrogens with two attached hydrogens (primary N) is 1. The van der Waals surface area contributed by atoms with Gasteiger partial charge in [-0.2, -0.15) is 5.10 Å². The Balaban J connectivity index is 1.07. The molecular weight excluding hydrogens is 564 g/mol. The highest BCUT2D eigenvalue weighted by Crippen LogP contribution is 2.33. The molecule has 10 heteroatoms. The lowest BCUT2D eigenvalue weighted by Crippen LogP contribution is -2.46. The Morgan fingerprint density at radius 1 is 0.955 bits per heavy atom. The number of ether oxygens (including phenoxy) is 2. The molecule has 44 heavy (non-hydrogen) atoms. The topological polar surface area (TPSA) is 98.4 Å². The summed E-state index contributed by atoms with van der Waals surface area (Å²) in [5, 5.41) is 5.02. The Hall–Kier alpha value is -4.70. The van der Waals surface area contributed by atoms with Crippen LogP contribution < -0.4 is 15.2 Å². The summed E-state index contributed by atoms with van der Waals surface area (Å²) in [5.74, 6) is -0.345. The van der Waals surface area contributed by atoms with E-state index in [9.17, 15) is 9.18 Å². The van der Waals surface area contributed by atoms with E-state index in [1.165, 1.54) is 42.3 Å². The molecule has 0 spiro atoms. The van der Waals surface area contributed by atoms with Gasteiger partial charge in [0.15, 0.2) is 23.1 Å². The van der Waals surface area contributed by atoms with Crippen LogP contribution >= 0.6 is 0 Å². The van der Waals surface area contributed by atoms with Crippen LogP contribution in [-0.2, 0) is 0 Å². The normalized spacial score (nSPS) is 16.2. The maximum Gasteiger partial charge on any atom is 0.214 e. The Morgan fingerprint density at radius 2 is 1.75 bits per heavy atom. The molecule has 5 aromatic rings. The van der Waals surface area contributed by atoms with E-state index in [-0.39, 0.29) is 40.5 Å². The van der Waals surface area contributed by atoms with Crippen molar-refractivity contribution in [3.8, 4) is 22.9 Å². The van der Waals surface area contributed by atoms with Crippen molar-refractivity contribution in [1.29, 1.82) is 0 Å². The van der Waals surface area contributed by atoms with Gasteiger partial charge < -0.3 is 25.1 Å². The van der Waals surface area contributed by atoms with E-state index < -0.39 is 11.6 Å². The van der Waals surface area contributed by atoms with E-state index in [1.54, 1.807) is 48.5 Å². The minimum Gasteiger partial charge on any atom is -0.487 e. The first-order chi connectivity index (χ1) is 21.3. The largest absolute Gasteiger partial charge is 0.487 e. The molecule has 2 aromatic heterocycles. The van der Waals surface area contributed by atoms with Crippen LogP contribution in [0.15, 0.2) is 66.9 Å². The lowest BCUT2D eigenvalue weighted by Gasteiger charge is -2.41. The molecule has 7 rings (SSSR count). The average molecular weight is 598 g/mol. The molecular formula is C34H33F2N5O3. The van der Waals surface area contributed by atoms with Gasteiger partial charge in [-0.15, -0.1) is 0 Å². The van der Waals surface area contributed by atoms with Crippen LogP contribution in [0, 0.1) is 18.6 Å². The number of ketones is 1. The van der Waals surface area contributed by atoms with Gasteiger partial charge in [-0.05, 0) is 80.6 Å². The van der Waals surface area contributed by atoms with Crippen LogP contribution in [-0.4, -0.2) is 50.7 Å². The molecule has 3 aromatic carbocycles. The lowest BCUT2D eigenvalue weighted by atomic mass is 9.90. The number of hydrogen-bond donors (Lipinski definition) is 2. The number of likely N-dealkylation sites (tertiary alicyclic amines) is 1. The van der Waals surface area contributed by atoms with Crippen LogP contribution in [0.25, 0.3) is 16.6 Å². The number of aromatic amines is 1. The number of carbonyl (C=O) groups excluding carboxylic acids is 1. The minimum atomic E-state index is -0.468. The molecule has 0 radical (unpaired) electrons. The molecule has 3 heterocycles. The predicted molar refractivity (Wildman–Crippen MR) is 164 cm³/mol. The second-order valence-electron chi connectivity index (χ2n) is 11.7. The van der Waals surface area contributed by atoms with Gasteiger partial charge in [0.1, 0.15) is 17.7 Å². The average Bonchev–Trinajstić information content (AvgIpc) is 3.58. The zero-order valence-corrected chi connectivity index (χ0v) is 24.4. The predicted octanol–water partition coefficient (Wildman–Crippen LogP) is 6.94. The zero-order chi connectivity index (χ0) is 30.4. The third kappa shape index (κ3) is 5.30. The summed E-state index contributed by atoms with van der Waals surface area (Å²) >= 11 is 0. The molecule has 1 saturated carbocycles. The first-order valence-electron chi connectivity index (χ1n) is 15.0. The Kier molecular flexibility index (Phi) is 7.29. The van der Waals surface area contributed by atoms with Gasteiger partial charge in [0, 0.05) is 36.1 Å². The lowest BCUT2D eigenvalue weighted by molar-refractivity contribution is 0.0478. The summed E-state index contributed by atoms with van der Waals surface area (Å²) in [5.41, 5.74) is 8.69. The first kappa shape index (κ1) is 28.1. The van der Waals surface area contributed by atoms with Crippen molar-refractivity contribution in [3.63, 3.8) is 0 Å². The van der Waals surface area contributed by atoms with E-state index in [2.05, 4.69) is 15.0 Å². The number of hydrogen-bond acceptors (Lipinski definition) is 6. The molecule has 1 saturated heterocycles. The summed E-state index contributed by atoms with van der Waals surface area (Å²) in [6.45, 7) is 3.77. The summed E-state index contributed by atoms with van der Waals surface area (Å²) in [7, 11) is 0. The van der Waals surface area contributed by atoms with Crippen LogP contribution in [0.3, 0.4) is 0 Å². The van der Waals surface area contributed by atoms with E-state index in [0.29, 0.717) is 28.4 Å². The van der Waals surface area contributed by atoms with Crippen molar-refractivity contribution in [2.75, 3.05) is 18.8 Å². The fraction of sp³-hybridized carbons (Fsp3) is 0.294. The third-order valence-electron chi connectivity index (χ3n) is 8.79. The summed E-state index contributed by atoms with van der Waals surface area (Å²) < 4.78 is 42.4. The minimum absolute atomic E-state index is 0.0345. The number of nitrogen functional groups attached to an aromatic ring is 1. The van der Waals surface area contributed by atoms with E-state index >= 15 is 4.39 Å². The number of H-pyrrole nitrogens is 1. The molecule has 1 aliphatic carbocycles. The number of para-hydroxylation sites is 1. The Labute approximate surface area is 253 Å². The number of benzene rings is 3. The number of nitrogens with one attached hydrogen (secondary N) is 1. The van der Waals surface area contributed by atoms with Crippen molar-refractivity contribution >= 4 is 22.5 Å². The standard InChI is InChI=1S/C34H33F2N5O3/c1-20-15-23(9-10-30(20)44-31-8-3-2-7-26(31)35)41-34(37)25(19-38-41)33(42)29-16-21-17-32(27(36)18-28(21)39-29)43-24-11-13-40(14-12-24)22-5-4-6-22/h2-3,7-10,15-19,22,24,39H,4-6,11-14,37H2,1H3. The SMILES string of the molecule is Cc1cc(-n2ncc(C(=O)c3cc4cc(OC5CCN(C6CCC6)CC5)c(F)cc4[nH]3)c2N)ccc1Oc1ccccc1F. The van der Waals surface area contributed by atoms with Gasteiger partial charge in [-0.3, -0.25) is 4.79 Å². The smallest absolute Gasteiger partial charge is 0.214 e. The number of anilines is 1. The van der Waals surface area contributed by atoms with Gasteiger partial charge in [0.25, 0.3) is 0 Å². The highest BCUT2D eigenvalue weighted by Gasteiger charge is 2.30. The van der Waals surface area contributed by atoms with Crippen molar-refractivity contribution in [1.82, 2.24) is 19.7 Å². The van der Waals surface area contributed by atoms with E-state index in [4.69, 9.17) is 15.2 Å². The molecule has 3 N–H and O–H groups in total. The van der Waals surface area contributed by atoms with Crippen molar-refractivity contribution in [2.45, 2.75) is 51.2 Å². The number of aryl methyl sites for hydroxylation is 1. The molecule has 8 nitrogen and oxygen atoms in total. The van der Waals surface area contributed by atoms with Gasteiger partial charge >= 0.3 is 0 Å². The van der Waals surface area contributed by atoms with Gasteiger partial charge in [-0.1, -0.05) is 18.6 Å². The molecule has 0 bridgehead atoms. The highest BCUT2D eigenvalue weighted by molar-refractivity contribution is 6.12. The molecule has 2 fully saturated rings. The van der Waals surface area contributed by atoms with Crippen LogP contribution in [0.2, 0.25) is 0 Å². The Morgan fingerprint density at radius 3 is 2.48 bits per heavy atom. The van der Waals surface area contributed by atoms with Crippen LogP contribution in [0.4, 0.5) is 14.6 Å². The molecule has 0 unspecified atom stereocenters. The number of piperidine rings is 1. The van der Waals surface area contributed by atoms with Crippen LogP contribution in [0.5, 0.6) is 17.2 Å². The monoisotopic (exact) mass is 597 g/mol. The maximum atomic E-state index is 15.0. The maximum absolute atomic E-state index is 15.0. The fourth-order valence-corrected chi connectivity index (χ4v) is 6.05. The number of halogens is 2. The molecule has 2 aliphatic rings. The summed E-state index contributed by atoms with van der Waals surface area (Å²) in [6.07, 6.45) is 6.98. The van der Waals surface area contributed by atoms with Crippen molar-refractivity contribution < 1.29 is 23.0 Å². The Bertz CT molecular complexity index is 1850. The molecule has 1 aliphatic heterocycles. The van der Waals surface area contributed by atoms with Crippen molar-refractivity contribution in [2.24, 2.45) is 0 Å². The second-order valence-corrected chi connectivity index (χ2v) is 11.7. The van der Waals surface area contributed by atoms with Crippen LogP contribution in [0.1, 0.15) is 53.7 Å². The summed E-state index contributed by atoms with van der Waals surface area (Å²) in [6, 6.07) is 16.8.